The standard InChI is InChI=1S/C13H10NO/c14-12-9-5-4-8-11(12)13(15)10-6-2-1-3-7-10/h1-8H,14H2. The Morgan fingerprint density at radius 1 is 1.07 bits per heavy atom. The first-order chi connectivity index (χ1) is 7.29. The molecule has 0 spiro atoms. The van der Waals surface area contributed by atoms with Crippen LogP contribution in [0.25, 0.3) is 0 Å². The van der Waals surface area contributed by atoms with E-state index in [2.05, 4.69) is 6.07 Å². The van der Waals surface area contributed by atoms with E-state index in [9.17, 15) is 4.79 Å². The highest BCUT2D eigenvalue weighted by Gasteiger charge is 2.10. The maximum Gasteiger partial charge on any atom is 0.195 e. The van der Waals surface area contributed by atoms with Crippen LogP contribution in [0, 0.1) is 6.07 Å². The van der Waals surface area contributed by atoms with Gasteiger partial charge in [0.15, 0.2) is 5.78 Å². The molecule has 2 rings (SSSR count). The monoisotopic (exact) mass is 196 g/mol. The average Bonchev–Trinajstić information content (AvgIpc) is 2.30. The van der Waals surface area contributed by atoms with Crippen molar-refractivity contribution in [3.63, 3.8) is 0 Å². The lowest BCUT2D eigenvalue weighted by atomic mass is 10.0. The fourth-order valence-corrected chi connectivity index (χ4v) is 1.39. The lowest BCUT2D eigenvalue weighted by Gasteiger charge is -2.03. The first kappa shape index (κ1) is 9.46. The predicted octanol–water partition coefficient (Wildman–Crippen LogP) is 2.30. The second kappa shape index (κ2) is 3.96. The summed E-state index contributed by atoms with van der Waals surface area (Å²) < 4.78 is 0. The molecule has 0 bridgehead atoms. The molecule has 2 nitrogen and oxygen atoms in total. The van der Waals surface area contributed by atoms with Crippen LogP contribution in [0.1, 0.15) is 15.9 Å². The molecule has 0 aliphatic carbocycles. The lowest BCUT2D eigenvalue weighted by molar-refractivity contribution is 0.103. The Hall–Kier alpha value is -2.09. The van der Waals surface area contributed by atoms with Crippen LogP contribution in [-0.4, -0.2) is 5.78 Å². The normalized spacial score (nSPS) is 9.87. The van der Waals surface area contributed by atoms with Gasteiger partial charge < -0.3 is 5.73 Å². The molecule has 0 aromatic heterocycles. The van der Waals surface area contributed by atoms with E-state index >= 15 is 0 Å². The van der Waals surface area contributed by atoms with E-state index in [1.165, 1.54) is 0 Å². The van der Waals surface area contributed by atoms with Crippen molar-refractivity contribution in [3.8, 4) is 0 Å². The molecule has 73 valence electrons. The number of hydrogen-bond acceptors (Lipinski definition) is 2. The van der Waals surface area contributed by atoms with Crippen LogP contribution in [0.5, 0.6) is 0 Å². The molecule has 2 heteroatoms. The van der Waals surface area contributed by atoms with Gasteiger partial charge in [0.1, 0.15) is 0 Å². The number of para-hydroxylation sites is 1. The molecule has 15 heavy (non-hydrogen) atoms. The molecule has 0 aliphatic heterocycles. The summed E-state index contributed by atoms with van der Waals surface area (Å²) in [5.41, 5.74) is 7.22. The van der Waals surface area contributed by atoms with E-state index in [4.69, 9.17) is 5.73 Å². The minimum atomic E-state index is -0.0649. The molecule has 2 aromatic carbocycles. The summed E-state index contributed by atoms with van der Waals surface area (Å²) in [5, 5.41) is 0. The van der Waals surface area contributed by atoms with Crippen LogP contribution in [0.15, 0.2) is 48.5 Å². The third-order valence-electron chi connectivity index (χ3n) is 2.17. The van der Waals surface area contributed by atoms with Gasteiger partial charge >= 0.3 is 0 Å². The summed E-state index contributed by atoms with van der Waals surface area (Å²) in [6.45, 7) is 0. The van der Waals surface area contributed by atoms with E-state index in [0.717, 1.165) is 0 Å². The van der Waals surface area contributed by atoms with Crippen LogP contribution in [0.2, 0.25) is 0 Å². The van der Waals surface area contributed by atoms with Gasteiger partial charge in [-0.2, -0.15) is 0 Å². The SMILES string of the molecule is Nc1[c]cccc1C(=O)c1ccccc1. The fraction of sp³-hybridized carbons (Fsp3) is 0. The molecule has 0 heterocycles. The first-order valence-corrected chi connectivity index (χ1v) is 4.65. The van der Waals surface area contributed by atoms with Gasteiger partial charge in [0.2, 0.25) is 0 Å². The van der Waals surface area contributed by atoms with Crippen LogP contribution in [0.4, 0.5) is 5.69 Å². The molecular formula is C13H10NO. The zero-order valence-electron chi connectivity index (χ0n) is 8.10. The van der Waals surface area contributed by atoms with Crippen LogP contribution >= 0.6 is 0 Å². The fourth-order valence-electron chi connectivity index (χ4n) is 1.39. The number of nitrogens with two attached hydrogens (primary N) is 1. The Morgan fingerprint density at radius 3 is 2.47 bits per heavy atom. The van der Waals surface area contributed by atoms with Crippen molar-refractivity contribution < 1.29 is 4.79 Å². The number of carbonyl (C=O) groups is 1. The van der Waals surface area contributed by atoms with Crippen molar-refractivity contribution in [1.29, 1.82) is 0 Å². The minimum absolute atomic E-state index is 0.0649. The molecular weight excluding hydrogens is 186 g/mol. The van der Waals surface area contributed by atoms with E-state index < -0.39 is 0 Å². The minimum Gasteiger partial charge on any atom is -0.398 e. The highest BCUT2D eigenvalue weighted by atomic mass is 16.1. The van der Waals surface area contributed by atoms with Crippen molar-refractivity contribution in [2.75, 3.05) is 5.73 Å². The number of anilines is 1. The maximum absolute atomic E-state index is 12.0. The zero-order valence-corrected chi connectivity index (χ0v) is 8.10. The Kier molecular flexibility index (Phi) is 2.50. The molecule has 0 fully saturated rings. The number of hydrogen-bond donors (Lipinski definition) is 1. The van der Waals surface area contributed by atoms with Gasteiger partial charge in [-0.15, -0.1) is 0 Å². The number of ketones is 1. The first-order valence-electron chi connectivity index (χ1n) is 4.65. The summed E-state index contributed by atoms with van der Waals surface area (Å²) in [5.74, 6) is -0.0649. The Morgan fingerprint density at radius 2 is 1.80 bits per heavy atom. The summed E-state index contributed by atoms with van der Waals surface area (Å²) in [6.07, 6.45) is 0. The van der Waals surface area contributed by atoms with Crippen molar-refractivity contribution in [2.45, 2.75) is 0 Å². The van der Waals surface area contributed by atoms with Crippen molar-refractivity contribution >= 4 is 11.5 Å². The number of carbonyl (C=O) groups excluding carboxylic acids is 1. The van der Waals surface area contributed by atoms with Gasteiger partial charge in [0.25, 0.3) is 0 Å². The van der Waals surface area contributed by atoms with E-state index in [1.54, 1.807) is 30.3 Å². The molecule has 0 saturated carbocycles. The van der Waals surface area contributed by atoms with Gasteiger partial charge in [-0.3, -0.25) is 4.79 Å². The second-order valence-electron chi connectivity index (χ2n) is 3.19. The Bertz CT molecular complexity index is 477. The maximum atomic E-state index is 12.0. The van der Waals surface area contributed by atoms with Gasteiger partial charge in [-0.05, 0) is 6.07 Å². The van der Waals surface area contributed by atoms with Crippen molar-refractivity contribution in [2.24, 2.45) is 0 Å². The molecule has 0 aliphatic rings. The summed E-state index contributed by atoms with van der Waals surface area (Å²) >= 11 is 0. The molecule has 0 saturated heterocycles. The molecule has 0 atom stereocenters. The van der Waals surface area contributed by atoms with Crippen molar-refractivity contribution in [1.82, 2.24) is 0 Å². The third kappa shape index (κ3) is 1.89. The zero-order chi connectivity index (χ0) is 10.7. The smallest absolute Gasteiger partial charge is 0.195 e. The van der Waals surface area contributed by atoms with E-state index in [-0.39, 0.29) is 5.78 Å². The Labute approximate surface area is 88.4 Å². The summed E-state index contributed by atoms with van der Waals surface area (Å²) in [7, 11) is 0. The highest BCUT2D eigenvalue weighted by molar-refractivity contribution is 6.11. The van der Waals surface area contributed by atoms with Gasteiger partial charge in [0, 0.05) is 17.2 Å². The molecule has 1 radical (unpaired) electrons. The molecule has 2 aromatic rings. The van der Waals surface area contributed by atoms with Crippen molar-refractivity contribution in [3.05, 3.63) is 65.7 Å². The summed E-state index contributed by atoms with van der Waals surface area (Å²) in [4.78, 5) is 12.0. The lowest BCUT2D eigenvalue weighted by Crippen LogP contribution is -2.04. The van der Waals surface area contributed by atoms with Crippen LogP contribution in [-0.2, 0) is 0 Å². The largest absolute Gasteiger partial charge is 0.398 e. The van der Waals surface area contributed by atoms with Gasteiger partial charge in [-0.25, -0.2) is 0 Å². The molecule has 2 N–H and O–H groups in total. The number of nitrogen functional groups attached to an aromatic ring is 1. The average molecular weight is 196 g/mol. The highest BCUT2D eigenvalue weighted by Crippen LogP contribution is 2.15. The number of benzene rings is 2. The van der Waals surface area contributed by atoms with Gasteiger partial charge in [-0.1, -0.05) is 42.5 Å². The Balaban J connectivity index is 2.42. The van der Waals surface area contributed by atoms with Gasteiger partial charge in [0.05, 0.1) is 5.69 Å². The predicted molar refractivity (Wildman–Crippen MR) is 59.6 cm³/mol. The quantitative estimate of drug-likeness (QED) is 0.591. The van der Waals surface area contributed by atoms with E-state index in [0.29, 0.717) is 16.8 Å². The second-order valence-corrected chi connectivity index (χ2v) is 3.19. The van der Waals surface area contributed by atoms with Crippen LogP contribution in [0.3, 0.4) is 0 Å². The summed E-state index contributed by atoms with van der Waals surface area (Å²) in [6, 6.07) is 17.0. The molecule has 0 unspecified atom stereocenters. The van der Waals surface area contributed by atoms with E-state index in [1.807, 2.05) is 18.2 Å². The topological polar surface area (TPSA) is 43.1 Å². The third-order valence-corrected chi connectivity index (χ3v) is 2.17. The number of rotatable bonds is 2. The molecule has 0 amide bonds. The van der Waals surface area contributed by atoms with Crippen LogP contribution < -0.4 is 5.73 Å².